The number of carboxylic acid groups (broad SMARTS) is 1. The zero-order valence-electron chi connectivity index (χ0n) is 7.70. The minimum atomic E-state index is -0.886. The standard InChI is InChI=1S/C8H16FNO3/c1-6(13-5-9)2-7(4-10)3-8(11)12/h6-7H,2-5,10H2,1H3,(H,11,12). The summed E-state index contributed by atoms with van der Waals surface area (Å²) in [6.07, 6.45) is 0.210. The Hall–Kier alpha value is -0.680. The molecule has 0 radical (unpaired) electrons. The molecule has 0 aromatic heterocycles. The predicted octanol–water partition coefficient (Wildman–Crippen LogP) is 0.758. The van der Waals surface area contributed by atoms with Gasteiger partial charge in [0.25, 0.3) is 0 Å². The Bertz CT molecular complexity index is 154. The number of halogens is 1. The summed E-state index contributed by atoms with van der Waals surface area (Å²) in [5.74, 6) is -1.03. The fraction of sp³-hybridized carbons (Fsp3) is 0.875. The molecule has 0 fully saturated rings. The summed E-state index contributed by atoms with van der Waals surface area (Å²) in [6, 6.07) is 0. The van der Waals surface area contributed by atoms with Crippen molar-refractivity contribution in [2.45, 2.75) is 25.9 Å². The van der Waals surface area contributed by atoms with E-state index in [4.69, 9.17) is 10.8 Å². The van der Waals surface area contributed by atoms with Crippen molar-refractivity contribution in [3.63, 3.8) is 0 Å². The summed E-state index contributed by atoms with van der Waals surface area (Å²) in [5, 5.41) is 8.49. The number of ether oxygens (including phenoxy) is 1. The lowest BCUT2D eigenvalue weighted by Gasteiger charge is -2.16. The van der Waals surface area contributed by atoms with Crippen molar-refractivity contribution in [2.24, 2.45) is 11.7 Å². The maximum Gasteiger partial charge on any atom is 0.303 e. The molecule has 3 N–H and O–H groups in total. The third-order valence-corrected chi connectivity index (χ3v) is 1.81. The van der Waals surface area contributed by atoms with Crippen LogP contribution in [0.2, 0.25) is 0 Å². The molecule has 0 aliphatic heterocycles. The molecule has 0 saturated heterocycles. The summed E-state index contributed by atoms with van der Waals surface area (Å²) in [4.78, 5) is 10.3. The van der Waals surface area contributed by atoms with E-state index in [9.17, 15) is 9.18 Å². The lowest BCUT2D eigenvalue weighted by molar-refractivity contribution is -0.138. The average Bonchev–Trinajstić information content (AvgIpc) is 2.02. The Morgan fingerprint density at radius 2 is 2.31 bits per heavy atom. The van der Waals surface area contributed by atoms with E-state index >= 15 is 0 Å². The van der Waals surface area contributed by atoms with Gasteiger partial charge < -0.3 is 15.6 Å². The molecule has 0 heterocycles. The van der Waals surface area contributed by atoms with Crippen LogP contribution in [0.3, 0.4) is 0 Å². The van der Waals surface area contributed by atoms with Crippen LogP contribution in [0.1, 0.15) is 19.8 Å². The minimum Gasteiger partial charge on any atom is -0.481 e. The van der Waals surface area contributed by atoms with Crippen LogP contribution in [0, 0.1) is 5.92 Å². The van der Waals surface area contributed by atoms with Crippen LogP contribution in [-0.4, -0.2) is 30.6 Å². The molecule has 0 rings (SSSR count). The van der Waals surface area contributed by atoms with Gasteiger partial charge >= 0.3 is 5.97 Å². The first-order valence-corrected chi connectivity index (χ1v) is 4.19. The number of aliphatic carboxylic acids is 1. The highest BCUT2D eigenvalue weighted by atomic mass is 19.1. The number of alkyl halides is 1. The van der Waals surface area contributed by atoms with E-state index in [-0.39, 0.29) is 25.0 Å². The van der Waals surface area contributed by atoms with Gasteiger partial charge in [-0.2, -0.15) is 0 Å². The van der Waals surface area contributed by atoms with E-state index in [0.29, 0.717) is 6.42 Å². The number of nitrogens with two attached hydrogens (primary N) is 1. The first kappa shape index (κ1) is 12.3. The molecule has 0 saturated carbocycles. The molecule has 0 spiro atoms. The second-order valence-electron chi connectivity index (χ2n) is 3.02. The number of rotatable bonds is 7. The molecule has 4 nitrogen and oxygen atoms in total. The highest BCUT2D eigenvalue weighted by Crippen LogP contribution is 2.12. The van der Waals surface area contributed by atoms with Gasteiger partial charge in [0.05, 0.1) is 6.10 Å². The fourth-order valence-electron chi connectivity index (χ4n) is 1.15. The monoisotopic (exact) mass is 193 g/mol. The van der Waals surface area contributed by atoms with E-state index in [1.54, 1.807) is 6.92 Å². The molecule has 2 unspecified atom stereocenters. The summed E-state index contributed by atoms with van der Waals surface area (Å²) in [6.45, 7) is 1.14. The first-order valence-electron chi connectivity index (χ1n) is 4.19. The summed E-state index contributed by atoms with van der Waals surface area (Å²) in [5.41, 5.74) is 5.35. The zero-order chi connectivity index (χ0) is 10.3. The highest BCUT2D eigenvalue weighted by molar-refractivity contribution is 5.67. The van der Waals surface area contributed by atoms with Gasteiger partial charge in [-0.25, -0.2) is 4.39 Å². The van der Waals surface area contributed by atoms with Crippen molar-refractivity contribution in [2.75, 3.05) is 13.4 Å². The van der Waals surface area contributed by atoms with Gasteiger partial charge in [-0.05, 0) is 25.8 Å². The van der Waals surface area contributed by atoms with Crippen LogP contribution in [-0.2, 0) is 9.53 Å². The van der Waals surface area contributed by atoms with Gasteiger partial charge in [0.1, 0.15) is 0 Å². The first-order chi connectivity index (χ1) is 6.10. The summed E-state index contributed by atoms with van der Waals surface area (Å²) >= 11 is 0. The molecule has 0 aromatic carbocycles. The third-order valence-electron chi connectivity index (χ3n) is 1.81. The molecule has 13 heavy (non-hydrogen) atoms. The van der Waals surface area contributed by atoms with E-state index in [1.165, 1.54) is 0 Å². The van der Waals surface area contributed by atoms with E-state index in [2.05, 4.69) is 4.74 Å². The van der Waals surface area contributed by atoms with E-state index in [1.807, 2.05) is 0 Å². The second kappa shape index (κ2) is 6.80. The Balaban J connectivity index is 3.75. The Morgan fingerprint density at radius 1 is 1.69 bits per heavy atom. The number of carbonyl (C=O) groups is 1. The normalized spacial score (nSPS) is 15.3. The molecule has 0 aromatic rings. The van der Waals surface area contributed by atoms with Crippen LogP contribution < -0.4 is 5.73 Å². The van der Waals surface area contributed by atoms with E-state index in [0.717, 1.165) is 0 Å². The summed E-state index contributed by atoms with van der Waals surface area (Å²) < 4.78 is 16.3. The number of hydrogen-bond acceptors (Lipinski definition) is 3. The third kappa shape index (κ3) is 6.48. The lowest BCUT2D eigenvalue weighted by atomic mass is 9.99. The van der Waals surface area contributed by atoms with Crippen molar-refractivity contribution in [3.05, 3.63) is 0 Å². The number of carboxylic acids is 1. The molecule has 78 valence electrons. The van der Waals surface area contributed by atoms with Crippen LogP contribution in [0.5, 0.6) is 0 Å². The van der Waals surface area contributed by atoms with Crippen molar-refractivity contribution in [1.29, 1.82) is 0 Å². The van der Waals surface area contributed by atoms with Gasteiger partial charge in [-0.3, -0.25) is 4.79 Å². The van der Waals surface area contributed by atoms with Crippen molar-refractivity contribution >= 4 is 5.97 Å². The van der Waals surface area contributed by atoms with Crippen LogP contribution >= 0.6 is 0 Å². The maximum atomic E-state index is 11.7. The van der Waals surface area contributed by atoms with Gasteiger partial charge in [0, 0.05) is 6.42 Å². The van der Waals surface area contributed by atoms with Gasteiger partial charge in [0.15, 0.2) is 6.86 Å². The Morgan fingerprint density at radius 3 is 2.69 bits per heavy atom. The minimum absolute atomic E-state index is 0.0104. The number of hydrogen-bond donors (Lipinski definition) is 2. The second-order valence-corrected chi connectivity index (χ2v) is 3.02. The van der Waals surface area contributed by atoms with Crippen LogP contribution in [0.25, 0.3) is 0 Å². The molecule has 5 heteroatoms. The largest absolute Gasteiger partial charge is 0.481 e. The van der Waals surface area contributed by atoms with Gasteiger partial charge in [-0.15, -0.1) is 0 Å². The van der Waals surface area contributed by atoms with Crippen LogP contribution in [0.4, 0.5) is 4.39 Å². The Kier molecular flexibility index (Phi) is 6.44. The average molecular weight is 193 g/mol. The molecule has 0 aliphatic carbocycles. The molecule has 0 bridgehead atoms. The van der Waals surface area contributed by atoms with Crippen molar-refractivity contribution in [3.8, 4) is 0 Å². The smallest absolute Gasteiger partial charge is 0.303 e. The van der Waals surface area contributed by atoms with Crippen molar-refractivity contribution < 1.29 is 19.0 Å². The van der Waals surface area contributed by atoms with E-state index < -0.39 is 12.8 Å². The Labute approximate surface area is 76.9 Å². The van der Waals surface area contributed by atoms with Gasteiger partial charge in [0.2, 0.25) is 0 Å². The molecule has 0 amide bonds. The quantitative estimate of drug-likeness (QED) is 0.626. The van der Waals surface area contributed by atoms with Gasteiger partial charge in [-0.1, -0.05) is 0 Å². The topological polar surface area (TPSA) is 72.6 Å². The molecular formula is C8H16FNO3. The molecule has 0 aliphatic rings. The SMILES string of the molecule is CC(CC(CN)CC(=O)O)OCF. The molecule has 2 atom stereocenters. The van der Waals surface area contributed by atoms with Crippen LogP contribution in [0.15, 0.2) is 0 Å². The predicted molar refractivity (Wildman–Crippen MR) is 45.9 cm³/mol. The highest BCUT2D eigenvalue weighted by Gasteiger charge is 2.15. The fourth-order valence-corrected chi connectivity index (χ4v) is 1.15. The van der Waals surface area contributed by atoms with Crippen molar-refractivity contribution in [1.82, 2.24) is 0 Å². The lowest BCUT2D eigenvalue weighted by Crippen LogP contribution is -2.23. The summed E-state index contributed by atoms with van der Waals surface area (Å²) in [7, 11) is 0. The zero-order valence-corrected chi connectivity index (χ0v) is 7.70. The maximum absolute atomic E-state index is 11.7. The molecular weight excluding hydrogens is 177 g/mol.